The molecule has 0 saturated carbocycles. The summed E-state index contributed by atoms with van der Waals surface area (Å²) in [4.78, 5) is 6.42. The van der Waals surface area contributed by atoms with Gasteiger partial charge in [0.05, 0.1) is 5.69 Å². The van der Waals surface area contributed by atoms with Crippen molar-refractivity contribution in [2.24, 2.45) is 10.7 Å². The maximum atomic E-state index is 13.6. The molecule has 1 unspecified atom stereocenters. The molecule has 1 aromatic rings. The molecular formula is C15H21F2N5. The van der Waals surface area contributed by atoms with Gasteiger partial charge in [0.2, 0.25) is 5.96 Å². The number of anilines is 1. The molecule has 1 aliphatic heterocycles. The van der Waals surface area contributed by atoms with Crippen molar-refractivity contribution in [3.8, 4) is 0 Å². The lowest BCUT2D eigenvalue weighted by Gasteiger charge is -2.27. The molecule has 0 aromatic heterocycles. The van der Waals surface area contributed by atoms with Crippen LogP contribution < -0.4 is 16.4 Å². The standard InChI is InChI=1S/C15H21F2N5/c1-22(2)9-3-6-15(18)7-8-19-14(21-15)20-13-10-11(16)4-5-12(13)17/h4-5,7-8,10H,3,6,9,18H2,1-2H3,(H2,19,20,21). The molecule has 2 rings (SSSR count). The Hall–Kier alpha value is -1.99. The van der Waals surface area contributed by atoms with E-state index in [1.54, 1.807) is 12.3 Å². The third-order valence-corrected chi connectivity index (χ3v) is 3.28. The van der Waals surface area contributed by atoms with Crippen LogP contribution in [0.2, 0.25) is 0 Å². The molecule has 0 amide bonds. The van der Waals surface area contributed by atoms with Crippen molar-refractivity contribution in [2.75, 3.05) is 26.0 Å². The third kappa shape index (κ3) is 4.51. The summed E-state index contributed by atoms with van der Waals surface area (Å²) in [7, 11) is 3.98. The smallest absolute Gasteiger partial charge is 0.202 e. The van der Waals surface area contributed by atoms with Gasteiger partial charge in [-0.1, -0.05) is 0 Å². The second-order valence-electron chi connectivity index (χ2n) is 5.59. The summed E-state index contributed by atoms with van der Waals surface area (Å²) in [5, 5.41) is 5.57. The summed E-state index contributed by atoms with van der Waals surface area (Å²) < 4.78 is 26.8. The van der Waals surface area contributed by atoms with Gasteiger partial charge in [-0.3, -0.25) is 0 Å². The Morgan fingerprint density at radius 1 is 1.36 bits per heavy atom. The van der Waals surface area contributed by atoms with E-state index in [-0.39, 0.29) is 5.69 Å². The highest BCUT2D eigenvalue weighted by Crippen LogP contribution is 2.19. The van der Waals surface area contributed by atoms with Gasteiger partial charge in [-0.2, -0.15) is 0 Å². The van der Waals surface area contributed by atoms with Crippen LogP contribution in [-0.4, -0.2) is 37.2 Å². The number of hydrogen-bond acceptors (Lipinski definition) is 5. The minimum Gasteiger partial charge on any atom is -0.333 e. The van der Waals surface area contributed by atoms with E-state index in [1.165, 1.54) is 0 Å². The number of nitrogens with two attached hydrogens (primary N) is 1. The molecule has 5 nitrogen and oxygen atoms in total. The predicted molar refractivity (Wildman–Crippen MR) is 84.4 cm³/mol. The second kappa shape index (κ2) is 6.85. The topological polar surface area (TPSA) is 65.7 Å². The zero-order valence-corrected chi connectivity index (χ0v) is 12.7. The van der Waals surface area contributed by atoms with Gasteiger partial charge >= 0.3 is 0 Å². The van der Waals surface area contributed by atoms with Crippen LogP contribution in [0.1, 0.15) is 12.8 Å². The number of guanidine groups is 1. The molecule has 120 valence electrons. The largest absolute Gasteiger partial charge is 0.333 e. The summed E-state index contributed by atoms with van der Waals surface area (Å²) in [5.41, 5.74) is 5.37. The maximum absolute atomic E-state index is 13.6. The Kier molecular flexibility index (Phi) is 5.10. The van der Waals surface area contributed by atoms with E-state index in [9.17, 15) is 8.78 Å². The van der Waals surface area contributed by atoms with Crippen LogP contribution in [0, 0.1) is 11.6 Å². The zero-order valence-electron chi connectivity index (χ0n) is 12.7. The Labute approximate surface area is 128 Å². The zero-order chi connectivity index (χ0) is 16.2. The van der Waals surface area contributed by atoms with Crippen molar-refractivity contribution >= 4 is 11.6 Å². The molecule has 0 bridgehead atoms. The van der Waals surface area contributed by atoms with Gasteiger partial charge < -0.3 is 21.3 Å². The summed E-state index contributed by atoms with van der Waals surface area (Å²) in [6.07, 6.45) is 4.94. The van der Waals surface area contributed by atoms with Crippen molar-refractivity contribution in [1.82, 2.24) is 10.2 Å². The fourth-order valence-corrected chi connectivity index (χ4v) is 2.15. The lowest BCUT2D eigenvalue weighted by molar-refractivity contribution is 0.367. The molecule has 4 N–H and O–H groups in total. The summed E-state index contributed by atoms with van der Waals surface area (Å²) in [5.74, 6) is -0.795. The lowest BCUT2D eigenvalue weighted by atomic mass is 10.0. The van der Waals surface area contributed by atoms with Crippen LogP contribution in [0.3, 0.4) is 0 Å². The van der Waals surface area contributed by atoms with E-state index in [4.69, 9.17) is 5.73 Å². The van der Waals surface area contributed by atoms with E-state index in [0.29, 0.717) is 12.4 Å². The van der Waals surface area contributed by atoms with Crippen LogP contribution in [0.15, 0.2) is 35.5 Å². The number of nitrogens with one attached hydrogen (secondary N) is 2. The Morgan fingerprint density at radius 2 is 2.14 bits per heavy atom. The minimum atomic E-state index is -0.854. The number of hydrogen-bond donors (Lipinski definition) is 3. The van der Waals surface area contributed by atoms with Gasteiger partial charge in [0, 0.05) is 12.3 Å². The molecule has 0 fully saturated rings. The minimum absolute atomic E-state index is 0.0113. The highest BCUT2D eigenvalue weighted by Gasteiger charge is 2.24. The van der Waals surface area contributed by atoms with Crippen molar-refractivity contribution in [2.45, 2.75) is 18.5 Å². The van der Waals surface area contributed by atoms with Gasteiger partial charge in [0.1, 0.15) is 17.3 Å². The molecule has 1 atom stereocenters. The van der Waals surface area contributed by atoms with Gasteiger partial charge in [-0.05, 0) is 51.7 Å². The van der Waals surface area contributed by atoms with Crippen LogP contribution in [0.25, 0.3) is 0 Å². The molecule has 7 heteroatoms. The summed E-state index contributed by atoms with van der Waals surface area (Å²) in [6.45, 7) is 0.900. The molecule has 22 heavy (non-hydrogen) atoms. The Balaban J connectivity index is 2.06. The van der Waals surface area contributed by atoms with Crippen molar-refractivity contribution < 1.29 is 8.78 Å². The molecular weight excluding hydrogens is 288 g/mol. The average Bonchev–Trinajstić information content (AvgIpc) is 2.42. The lowest BCUT2D eigenvalue weighted by Crippen LogP contribution is -2.44. The third-order valence-electron chi connectivity index (χ3n) is 3.28. The van der Waals surface area contributed by atoms with E-state index in [0.717, 1.165) is 31.2 Å². The first kappa shape index (κ1) is 16.4. The van der Waals surface area contributed by atoms with Crippen molar-refractivity contribution in [3.05, 3.63) is 42.1 Å². The highest BCUT2D eigenvalue weighted by atomic mass is 19.1. The van der Waals surface area contributed by atoms with Gasteiger partial charge in [0.25, 0.3) is 0 Å². The molecule has 1 aliphatic rings. The first-order valence-corrected chi connectivity index (χ1v) is 7.08. The molecule has 0 aliphatic carbocycles. The summed E-state index contributed by atoms with van der Waals surface area (Å²) in [6, 6.07) is 3.19. The average molecular weight is 309 g/mol. The van der Waals surface area contributed by atoms with E-state index < -0.39 is 17.3 Å². The number of rotatable bonds is 5. The molecule has 0 radical (unpaired) electrons. The number of aliphatic imine (C=N–C) groups is 1. The van der Waals surface area contributed by atoms with Crippen molar-refractivity contribution in [1.29, 1.82) is 0 Å². The van der Waals surface area contributed by atoms with E-state index in [2.05, 4.69) is 20.5 Å². The Bertz CT molecular complexity index is 585. The van der Waals surface area contributed by atoms with E-state index >= 15 is 0 Å². The molecule has 0 saturated heterocycles. The quantitative estimate of drug-likeness (QED) is 0.776. The van der Waals surface area contributed by atoms with Crippen LogP contribution in [0.5, 0.6) is 0 Å². The Morgan fingerprint density at radius 3 is 2.86 bits per heavy atom. The van der Waals surface area contributed by atoms with Gasteiger partial charge in [0.15, 0.2) is 0 Å². The van der Waals surface area contributed by atoms with Gasteiger partial charge in [-0.25, -0.2) is 13.8 Å². The highest BCUT2D eigenvalue weighted by molar-refractivity contribution is 5.95. The number of nitrogens with zero attached hydrogens (tertiary/aromatic N) is 2. The monoisotopic (exact) mass is 309 g/mol. The molecule has 0 spiro atoms. The molecule has 1 heterocycles. The van der Waals surface area contributed by atoms with Crippen LogP contribution >= 0.6 is 0 Å². The fraction of sp³-hybridized carbons (Fsp3) is 0.400. The second-order valence-corrected chi connectivity index (χ2v) is 5.59. The SMILES string of the molecule is CN(C)CCCC1(N)C=CNC(Nc2cc(F)ccc2F)=N1. The molecule has 1 aromatic carbocycles. The van der Waals surface area contributed by atoms with Crippen LogP contribution in [-0.2, 0) is 0 Å². The maximum Gasteiger partial charge on any atom is 0.202 e. The van der Waals surface area contributed by atoms with Crippen molar-refractivity contribution in [3.63, 3.8) is 0 Å². The normalized spacial score (nSPS) is 20.7. The number of halogens is 2. The van der Waals surface area contributed by atoms with E-state index in [1.807, 2.05) is 14.1 Å². The number of benzene rings is 1. The van der Waals surface area contributed by atoms with Crippen LogP contribution in [0.4, 0.5) is 14.5 Å². The van der Waals surface area contributed by atoms with Gasteiger partial charge in [-0.15, -0.1) is 0 Å². The first-order chi connectivity index (χ1) is 10.4. The first-order valence-electron chi connectivity index (χ1n) is 7.08. The fourth-order valence-electron chi connectivity index (χ4n) is 2.15. The predicted octanol–water partition coefficient (Wildman–Crippen LogP) is 1.85. The summed E-state index contributed by atoms with van der Waals surface area (Å²) >= 11 is 0.